The summed E-state index contributed by atoms with van der Waals surface area (Å²) in [5.74, 6) is -0.522. The van der Waals surface area contributed by atoms with E-state index in [-0.39, 0.29) is 6.61 Å². The Morgan fingerprint density at radius 3 is 2.68 bits per heavy atom. The van der Waals surface area contributed by atoms with Gasteiger partial charge in [-0.1, -0.05) is 18.2 Å². The van der Waals surface area contributed by atoms with Gasteiger partial charge in [0, 0.05) is 5.69 Å². The number of nitrogens with one attached hydrogen (secondary N) is 1. The molecule has 0 aliphatic heterocycles. The molecule has 6 nitrogen and oxygen atoms in total. The highest BCUT2D eigenvalue weighted by atomic mass is 16.6. The van der Waals surface area contributed by atoms with Gasteiger partial charge in [-0.05, 0) is 49.2 Å². The fourth-order valence-electron chi connectivity index (χ4n) is 2.05. The second-order valence-corrected chi connectivity index (χ2v) is 5.46. The van der Waals surface area contributed by atoms with Crippen molar-refractivity contribution in [1.82, 2.24) is 0 Å². The second-order valence-electron chi connectivity index (χ2n) is 5.46. The molecule has 0 bridgehead atoms. The van der Waals surface area contributed by atoms with Crippen molar-refractivity contribution in [3.05, 3.63) is 59.2 Å². The smallest absolute Gasteiger partial charge is 0.344 e. The van der Waals surface area contributed by atoms with Crippen LogP contribution < -0.4 is 10.1 Å². The predicted molar refractivity (Wildman–Crippen MR) is 92.2 cm³/mol. The Balaban J connectivity index is 1.78. The van der Waals surface area contributed by atoms with Gasteiger partial charge in [0.1, 0.15) is 5.75 Å². The second kappa shape index (κ2) is 8.50. The van der Waals surface area contributed by atoms with Crippen LogP contribution in [0.25, 0.3) is 0 Å². The van der Waals surface area contributed by atoms with E-state index < -0.39 is 18.5 Å². The third-order valence-electron chi connectivity index (χ3n) is 3.33. The van der Waals surface area contributed by atoms with Crippen molar-refractivity contribution in [1.29, 1.82) is 5.26 Å². The average Bonchev–Trinajstić information content (AvgIpc) is 2.61. The van der Waals surface area contributed by atoms with Crippen LogP contribution in [0.5, 0.6) is 5.75 Å². The largest absolute Gasteiger partial charge is 0.482 e. The van der Waals surface area contributed by atoms with Crippen LogP contribution in [-0.2, 0) is 14.3 Å². The standard InChI is InChI=1S/C19H18N2O4/c1-13-6-7-14(2)17(8-13)24-12-19(23)25-11-18(22)21-16-5-3-4-15(9-16)10-20/h3-9H,11-12H2,1-2H3,(H,21,22). The lowest BCUT2D eigenvalue weighted by Gasteiger charge is -2.10. The van der Waals surface area contributed by atoms with Gasteiger partial charge < -0.3 is 14.8 Å². The molecule has 25 heavy (non-hydrogen) atoms. The molecule has 1 amide bonds. The zero-order valence-electron chi connectivity index (χ0n) is 14.0. The molecule has 0 saturated heterocycles. The Kier molecular flexibility index (Phi) is 6.13. The molecule has 6 heteroatoms. The van der Waals surface area contributed by atoms with Crippen molar-refractivity contribution in [3.63, 3.8) is 0 Å². The monoisotopic (exact) mass is 338 g/mol. The summed E-state index contributed by atoms with van der Waals surface area (Å²) in [7, 11) is 0. The number of nitriles is 1. The highest BCUT2D eigenvalue weighted by Gasteiger charge is 2.10. The maximum Gasteiger partial charge on any atom is 0.344 e. The Labute approximate surface area is 146 Å². The molecule has 2 aromatic carbocycles. The van der Waals surface area contributed by atoms with Gasteiger partial charge in [0.05, 0.1) is 11.6 Å². The number of esters is 1. The van der Waals surface area contributed by atoms with Crippen molar-refractivity contribution >= 4 is 17.6 Å². The first kappa shape index (κ1) is 18.0. The quantitative estimate of drug-likeness (QED) is 0.818. The molecule has 0 fully saturated rings. The average molecular weight is 338 g/mol. The predicted octanol–water partition coefficient (Wildman–Crippen LogP) is 2.74. The number of hydrogen-bond donors (Lipinski definition) is 1. The van der Waals surface area contributed by atoms with Gasteiger partial charge in [-0.3, -0.25) is 4.79 Å². The first-order valence-corrected chi connectivity index (χ1v) is 7.63. The van der Waals surface area contributed by atoms with Crippen LogP contribution in [0.4, 0.5) is 5.69 Å². The number of rotatable bonds is 6. The molecule has 0 aliphatic carbocycles. The molecule has 0 radical (unpaired) electrons. The van der Waals surface area contributed by atoms with Crippen LogP contribution in [-0.4, -0.2) is 25.1 Å². The Bertz CT molecular complexity index is 824. The number of carbonyl (C=O) groups excluding carboxylic acids is 2. The highest BCUT2D eigenvalue weighted by Crippen LogP contribution is 2.18. The number of ether oxygens (including phenoxy) is 2. The third kappa shape index (κ3) is 5.66. The van der Waals surface area contributed by atoms with Crippen molar-refractivity contribution in [2.75, 3.05) is 18.5 Å². The zero-order chi connectivity index (χ0) is 18.2. The van der Waals surface area contributed by atoms with E-state index in [0.717, 1.165) is 11.1 Å². The number of carbonyl (C=O) groups is 2. The van der Waals surface area contributed by atoms with E-state index in [1.54, 1.807) is 18.2 Å². The topological polar surface area (TPSA) is 88.4 Å². The van der Waals surface area contributed by atoms with Gasteiger partial charge in [-0.15, -0.1) is 0 Å². The van der Waals surface area contributed by atoms with Crippen molar-refractivity contribution in [3.8, 4) is 11.8 Å². The maximum absolute atomic E-state index is 11.8. The maximum atomic E-state index is 11.8. The lowest BCUT2D eigenvalue weighted by Crippen LogP contribution is -2.23. The Morgan fingerprint density at radius 1 is 1.12 bits per heavy atom. The minimum atomic E-state index is -0.637. The lowest BCUT2D eigenvalue weighted by molar-refractivity contribution is -0.149. The summed E-state index contributed by atoms with van der Waals surface area (Å²) in [6.45, 7) is 3.10. The van der Waals surface area contributed by atoms with E-state index >= 15 is 0 Å². The van der Waals surface area contributed by atoms with E-state index in [2.05, 4.69) is 5.32 Å². The third-order valence-corrected chi connectivity index (χ3v) is 3.33. The SMILES string of the molecule is Cc1ccc(C)c(OCC(=O)OCC(=O)Nc2cccc(C#N)c2)c1. The number of hydrogen-bond acceptors (Lipinski definition) is 5. The summed E-state index contributed by atoms with van der Waals surface area (Å²) < 4.78 is 10.3. The highest BCUT2D eigenvalue weighted by molar-refractivity contribution is 5.93. The van der Waals surface area contributed by atoms with Gasteiger partial charge in [0.15, 0.2) is 13.2 Å². The van der Waals surface area contributed by atoms with Gasteiger partial charge in [0.2, 0.25) is 0 Å². The molecule has 1 N–H and O–H groups in total. The van der Waals surface area contributed by atoms with Crippen LogP contribution in [0.15, 0.2) is 42.5 Å². The molecule has 0 aromatic heterocycles. The summed E-state index contributed by atoms with van der Waals surface area (Å²) in [4.78, 5) is 23.5. The minimum Gasteiger partial charge on any atom is -0.482 e. The van der Waals surface area contributed by atoms with E-state index in [9.17, 15) is 9.59 Å². The van der Waals surface area contributed by atoms with E-state index in [1.807, 2.05) is 38.1 Å². The lowest BCUT2D eigenvalue weighted by atomic mass is 10.1. The summed E-state index contributed by atoms with van der Waals surface area (Å²) in [6, 6.07) is 14.1. The molecule has 0 saturated carbocycles. The Hall–Kier alpha value is -3.33. The van der Waals surface area contributed by atoms with Gasteiger partial charge in [-0.2, -0.15) is 5.26 Å². The van der Waals surface area contributed by atoms with E-state index in [4.69, 9.17) is 14.7 Å². The molecule has 0 unspecified atom stereocenters. The molecule has 0 aliphatic rings. The summed E-state index contributed by atoms with van der Waals surface area (Å²) in [5, 5.41) is 11.4. The first-order valence-electron chi connectivity index (χ1n) is 7.63. The molecular weight excluding hydrogens is 320 g/mol. The van der Waals surface area contributed by atoms with Crippen molar-refractivity contribution in [2.45, 2.75) is 13.8 Å². The molecule has 0 heterocycles. The van der Waals surface area contributed by atoms with Crippen LogP contribution >= 0.6 is 0 Å². The summed E-state index contributed by atoms with van der Waals surface area (Å²) >= 11 is 0. The number of benzene rings is 2. The van der Waals surface area contributed by atoms with Crippen LogP contribution in [0, 0.1) is 25.2 Å². The van der Waals surface area contributed by atoms with Crippen LogP contribution in [0.1, 0.15) is 16.7 Å². The minimum absolute atomic E-state index is 0.276. The number of aryl methyl sites for hydroxylation is 2. The van der Waals surface area contributed by atoms with Crippen LogP contribution in [0.3, 0.4) is 0 Å². The van der Waals surface area contributed by atoms with Crippen LogP contribution in [0.2, 0.25) is 0 Å². The zero-order valence-corrected chi connectivity index (χ0v) is 14.0. The fourth-order valence-corrected chi connectivity index (χ4v) is 2.05. The van der Waals surface area contributed by atoms with Crippen molar-refractivity contribution < 1.29 is 19.1 Å². The normalized spacial score (nSPS) is 9.80. The summed E-state index contributed by atoms with van der Waals surface area (Å²) in [6.07, 6.45) is 0. The number of nitrogens with zero attached hydrogens (tertiary/aromatic N) is 1. The Morgan fingerprint density at radius 2 is 1.92 bits per heavy atom. The van der Waals surface area contributed by atoms with E-state index in [0.29, 0.717) is 17.0 Å². The van der Waals surface area contributed by atoms with Gasteiger partial charge >= 0.3 is 5.97 Å². The summed E-state index contributed by atoms with van der Waals surface area (Å²) in [5.41, 5.74) is 2.82. The molecule has 0 spiro atoms. The van der Waals surface area contributed by atoms with Gasteiger partial charge in [-0.25, -0.2) is 4.79 Å². The first-order chi connectivity index (χ1) is 12.0. The van der Waals surface area contributed by atoms with Gasteiger partial charge in [0.25, 0.3) is 5.91 Å². The molecular formula is C19H18N2O4. The molecule has 0 atom stereocenters. The van der Waals surface area contributed by atoms with Crippen molar-refractivity contribution in [2.24, 2.45) is 0 Å². The molecule has 2 rings (SSSR count). The molecule has 128 valence electrons. The fraction of sp³-hybridized carbons (Fsp3) is 0.211. The number of anilines is 1. The van der Waals surface area contributed by atoms with E-state index in [1.165, 1.54) is 6.07 Å². The molecule has 2 aromatic rings. The number of amides is 1.